The SMILES string of the molecule is CCOc1ccc(CCNCNC)cc1C. The molecule has 90 valence electrons. The smallest absolute Gasteiger partial charge is 0.122 e. The van der Waals surface area contributed by atoms with Crippen LogP contribution in [0.2, 0.25) is 0 Å². The van der Waals surface area contributed by atoms with Crippen molar-refractivity contribution in [1.82, 2.24) is 10.6 Å². The average molecular weight is 222 g/mol. The van der Waals surface area contributed by atoms with E-state index in [9.17, 15) is 0 Å². The van der Waals surface area contributed by atoms with Crippen LogP contribution in [0.15, 0.2) is 18.2 Å². The maximum absolute atomic E-state index is 5.51. The van der Waals surface area contributed by atoms with Crippen molar-refractivity contribution >= 4 is 0 Å². The molecule has 0 amide bonds. The van der Waals surface area contributed by atoms with E-state index in [2.05, 4.69) is 35.8 Å². The molecule has 0 fully saturated rings. The molecule has 0 radical (unpaired) electrons. The van der Waals surface area contributed by atoms with Crippen LogP contribution in [0.5, 0.6) is 5.75 Å². The minimum Gasteiger partial charge on any atom is -0.494 e. The molecule has 0 saturated heterocycles. The minimum absolute atomic E-state index is 0.726. The molecule has 0 aliphatic heterocycles. The van der Waals surface area contributed by atoms with Crippen LogP contribution in [0.1, 0.15) is 18.1 Å². The molecule has 0 unspecified atom stereocenters. The topological polar surface area (TPSA) is 33.3 Å². The molecule has 0 aliphatic rings. The summed E-state index contributed by atoms with van der Waals surface area (Å²) >= 11 is 0. The first-order chi connectivity index (χ1) is 7.77. The summed E-state index contributed by atoms with van der Waals surface area (Å²) in [5, 5.41) is 6.36. The van der Waals surface area contributed by atoms with Crippen molar-refractivity contribution in [2.24, 2.45) is 0 Å². The van der Waals surface area contributed by atoms with Gasteiger partial charge in [-0.3, -0.25) is 0 Å². The number of benzene rings is 1. The molecule has 3 heteroatoms. The van der Waals surface area contributed by atoms with Gasteiger partial charge in [-0.25, -0.2) is 0 Å². The highest BCUT2D eigenvalue weighted by molar-refractivity contribution is 5.36. The van der Waals surface area contributed by atoms with Crippen molar-refractivity contribution in [2.45, 2.75) is 20.3 Å². The van der Waals surface area contributed by atoms with Gasteiger partial charge in [0, 0.05) is 13.2 Å². The fourth-order valence-corrected chi connectivity index (χ4v) is 1.63. The van der Waals surface area contributed by atoms with Crippen molar-refractivity contribution in [3.8, 4) is 5.75 Å². The second-order valence-corrected chi connectivity index (χ2v) is 3.81. The summed E-state index contributed by atoms with van der Waals surface area (Å²) in [6.07, 6.45) is 1.05. The Morgan fingerprint density at radius 1 is 1.31 bits per heavy atom. The number of hydrogen-bond acceptors (Lipinski definition) is 3. The van der Waals surface area contributed by atoms with E-state index in [1.807, 2.05) is 14.0 Å². The van der Waals surface area contributed by atoms with Gasteiger partial charge in [0.15, 0.2) is 0 Å². The molecular weight excluding hydrogens is 200 g/mol. The lowest BCUT2D eigenvalue weighted by Gasteiger charge is -2.09. The number of rotatable bonds is 7. The Kier molecular flexibility index (Phi) is 5.90. The number of nitrogens with one attached hydrogen (secondary N) is 2. The van der Waals surface area contributed by atoms with Gasteiger partial charge in [0.25, 0.3) is 0 Å². The highest BCUT2D eigenvalue weighted by atomic mass is 16.5. The Morgan fingerprint density at radius 2 is 2.12 bits per heavy atom. The summed E-state index contributed by atoms with van der Waals surface area (Å²) in [6.45, 7) is 6.68. The Morgan fingerprint density at radius 3 is 2.75 bits per heavy atom. The van der Waals surface area contributed by atoms with E-state index < -0.39 is 0 Å². The van der Waals surface area contributed by atoms with E-state index >= 15 is 0 Å². The molecule has 0 aliphatic carbocycles. The third-order valence-electron chi connectivity index (χ3n) is 2.43. The summed E-state index contributed by atoms with van der Waals surface area (Å²) in [5.41, 5.74) is 2.57. The van der Waals surface area contributed by atoms with Gasteiger partial charge in [-0.1, -0.05) is 12.1 Å². The minimum atomic E-state index is 0.726. The Balaban J connectivity index is 2.46. The van der Waals surface area contributed by atoms with Gasteiger partial charge >= 0.3 is 0 Å². The quantitative estimate of drug-likeness (QED) is 0.544. The Hall–Kier alpha value is -1.06. The molecule has 0 aromatic heterocycles. The average Bonchev–Trinajstić information content (AvgIpc) is 2.28. The number of hydrogen-bond donors (Lipinski definition) is 2. The second kappa shape index (κ2) is 7.25. The zero-order valence-electron chi connectivity index (χ0n) is 10.5. The fourth-order valence-electron chi connectivity index (χ4n) is 1.63. The van der Waals surface area contributed by atoms with Crippen LogP contribution in [0, 0.1) is 6.92 Å². The van der Waals surface area contributed by atoms with E-state index in [-0.39, 0.29) is 0 Å². The first kappa shape index (κ1) is 13.0. The van der Waals surface area contributed by atoms with Crippen molar-refractivity contribution in [1.29, 1.82) is 0 Å². The first-order valence-electron chi connectivity index (χ1n) is 5.85. The highest BCUT2D eigenvalue weighted by Gasteiger charge is 2.00. The van der Waals surface area contributed by atoms with Crippen LogP contribution in [-0.4, -0.2) is 26.9 Å². The largest absolute Gasteiger partial charge is 0.494 e. The zero-order valence-corrected chi connectivity index (χ0v) is 10.5. The van der Waals surface area contributed by atoms with E-state index in [0.717, 1.165) is 32.0 Å². The van der Waals surface area contributed by atoms with E-state index in [1.54, 1.807) is 0 Å². The lowest BCUT2D eigenvalue weighted by Crippen LogP contribution is -2.27. The van der Waals surface area contributed by atoms with Crippen LogP contribution < -0.4 is 15.4 Å². The second-order valence-electron chi connectivity index (χ2n) is 3.81. The molecule has 3 nitrogen and oxygen atoms in total. The molecule has 0 saturated carbocycles. The summed E-state index contributed by atoms with van der Waals surface area (Å²) in [5.74, 6) is 0.995. The first-order valence-corrected chi connectivity index (χ1v) is 5.85. The van der Waals surface area contributed by atoms with Crippen LogP contribution in [-0.2, 0) is 6.42 Å². The number of aryl methyl sites for hydroxylation is 1. The maximum atomic E-state index is 5.51. The van der Waals surface area contributed by atoms with Crippen LogP contribution in [0.4, 0.5) is 0 Å². The van der Waals surface area contributed by atoms with Crippen molar-refractivity contribution < 1.29 is 4.74 Å². The Labute approximate surface area is 98.2 Å². The third-order valence-corrected chi connectivity index (χ3v) is 2.43. The summed E-state index contributed by atoms with van der Waals surface area (Å²) < 4.78 is 5.51. The van der Waals surface area contributed by atoms with Crippen LogP contribution in [0.3, 0.4) is 0 Å². The summed E-state index contributed by atoms with van der Waals surface area (Å²) in [6, 6.07) is 6.40. The van der Waals surface area contributed by atoms with Gasteiger partial charge < -0.3 is 15.4 Å². The molecule has 0 atom stereocenters. The molecule has 1 aromatic carbocycles. The molecule has 0 bridgehead atoms. The lowest BCUT2D eigenvalue weighted by atomic mass is 10.1. The lowest BCUT2D eigenvalue weighted by molar-refractivity contribution is 0.338. The molecule has 0 spiro atoms. The zero-order chi connectivity index (χ0) is 11.8. The van der Waals surface area contributed by atoms with Gasteiger partial charge in [0.2, 0.25) is 0 Å². The van der Waals surface area contributed by atoms with Gasteiger partial charge in [0.05, 0.1) is 6.61 Å². The molecule has 0 heterocycles. The highest BCUT2D eigenvalue weighted by Crippen LogP contribution is 2.19. The fraction of sp³-hybridized carbons (Fsp3) is 0.538. The third kappa shape index (κ3) is 4.21. The van der Waals surface area contributed by atoms with Gasteiger partial charge in [0.1, 0.15) is 5.75 Å². The monoisotopic (exact) mass is 222 g/mol. The summed E-state index contributed by atoms with van der Waals surface area (Å²) in [4.78, 5) is 0. The normalized spacial score (nSPS) is 10.4. The van der Waals surface area contributed by atoms with Crippen molar-refractivity contribution in [3.05, 3.63) is 29.3 Å². The molecule has 1 rings (SSSR count). The predicted octanol–water partition coefficient (Wildman–Crippen LogP) is 1.70. The summed E-state index contributed by atoms with van der Waals surface area (Å²) in [7, 11) is 1.94. The van der Waals surface area contributed by atoms with Crippen molar-refractivity contribution in [3.63, 3.8) is 0 Å². The van der Waals surface area contributed by atoms with Gasteiger partial charge in [-0.2, -0.15) is 0 Å². The predicted molar refractivity (Wildman–Crippen MR) is 68.0 cm³/mol. The molecule has 1 aromatic rings. The van der Waals surface area contributed by atoms with Gasteiger partial charge in [-0.05, 0) is 44.5 Å². The molecule has 16 heavy (non-hydrogen) atoms. The van der Waals surface area contributed by atoms with E-state index in [0.29, 0.717) is 0 Å². The van der Waals surface area contributed by atoms with Crippen molar-refractivity contribution in [2.75, 3.05) is 26.9 Å². The molecule has 2 N–H and O–H groups in total. The number of ether oxygens (including phenoxy) is 1. The van der Waals surface area contributed by atoms with Crippen LogP contribution >= 0.6 is 0 Å². The van der Waals surface area contributed by atoms with E-state index in [4.69, 9.17) is 4.74 Å². The van der Waals surface area contributed by atoms with Crippen LogP contribution in [0.25, 0.3) is 0 Å². The standard InChI is InChI=1S/C13H22N2O/c1-4-16-13-6-5-12(9-11(13)2)7-8-15-10-14-3/h5-6,9,14-15H,4,7-8,10H2,1-3H3. The maximum Gasteiger partial charge on any atom is 0.122 e. The molecular formula is C13H22N2O. The van der Waals surface area contributed by atoms with E-state index in [1.165, 1.54) is 11.1 Å². The van der Waals surface area contributed by atoms with Gasteiger partial charge in [-0.15, -0.1) is 0 Å². The Bertz CT molecular complexity index is 313.